The van der Waals surface area contributed by atoms with Gasteiger partial charge < -0.3 is 19.1 Å². The topological polar surface area (TPSA) is 59.0 Å². The molecule has 0 aromatic rings. The molecule has 3 atom stereocenters. The lowest BCUT2D eigenvalue weighted by Crippen LogP contribution is -2.53. The zero-order valence-electron chi connectivity index (χ0n) is 10.6. The monoisotopic (exact) mass is 251 g/mol. The molecule has 0 bridgehead atoms. The van der Waals surface area contributed by atoms with E-state index in [1.165, 1.54) is 14.2 Å². The van der Waals surface area contributed by atoms with Crippen LogP contribution in [0.2, 0.25) is 0 Å². The maximum atomic E-state index is 12.4. The molecule has 0 aromatic heterocycles. The maximum absolute atomic E-state index is 12.4. The highest BCUT2D eigenvalue weighted by Gasteiger charge is 2.55. The van der Waals surface area contributed by atoms with Crippen molar-refractivity contribution in [1.29, 1.82) is 0 Å². The number of likely N-dealkylation sites (tertiary alicyclic amines) is 1. The van der Waals surface area contributed by atoms with Gasteiger partial charge in [-0.15, -0.1) is 0 Å². The lowest BCUT2D eigenvalue weighted by molar-refractivity contribution is -0.0376. The second-order valence-electron chi connectivity index (χ2n) is 4.63. The molecular formula is C10H22NO4P. The van der Waals surface area contributed by atoms with Crippen molar-refractivity contribution < 1.29 is 18.7 Å². The van der Waals surface area contributed by atoms with Crippen LogP contribution in [-0.4, -0.2) is 49.2 Å². The van der Waals surface area contributed by atoms with Crippen LogP contribution >= 0.6 is 7.60 Å². The summed E-state index contributed by atoms with van der Waals surface area (Å²) < 4.78 is 22.3. The normalized spacial score (nSPS) is 37.6. The second-order valence-corrected chi connectivity index (χ2v) is 7.13. The minimum atomic E-state index is -3.46. The molecule has 0 saturated carbocycles. The van der Waals surface area contributed by atoms with Crippen molar-refractivity contribution in [2.75, 3.05) is 27.8 Å². The third-order valence-electron chi connectivity index (χ3n) is 3.65. The Morgan fingerprint density at radius 2 is 1.88 bits per heavy atom. The molecule has 16 heavy (non-hydrogen) atoms. The van der Waals surface area contributed by atoms with Gasteiger partial charge in [0.15, 0.2) is 5.34 Å². The Morgan fingerprint density at radius 3 is 2.31 bits per heavy atom. The highest BCUT2D eigenvalue weighted by atomic mass is 31.2. The molecule has 1 heterocycles. The molecule has 1 rings (SSSR count). The SMILES string of the molecule is COP(=O)(OC)[C@]1(O)C[C@H](C)N(C)C[C@@H]1C. The van der Waals surface area contributed by atoms with Crippen LogP contribution in [0.3, 0.4) is 0 Å². The Balaban J connectivity index is 3.03. The van der Waals surface area contributed by atoms with E-state index in [4.69, 9.17) is 9.05 Å². The summed E-state index contributed by atoms with van der Waals surface area (Å²) in [6.45, 7) is 4.54. The van der Waals surface area contributed by atoms with Gasteiger partial charge in [0.05, 0.1) is 0 Å². The van der Waals surface area contributed by atoms with Gasteiger partial charge in [-0.25, -0.2) is 0 Å². The van der Waals surface area contributed by atoms with E-state index in [0.29, 0.717) is 13.0 Å². The van der Waals surface area contributed by atoms with Crippen molar-refractivity contribution in [2.45, 2.75) is 31.7 Å². The van der Waals surface area contributed by atoms with E-state index >= 15 is 0 Å². The molecule has 1 N–H and O–H groups in total. The minimum absolute atomic E-state index is 0.153. The van der Waals surface area contributed by atoms with Crippen LogP contribution in [0.5, 0.6) is 0 Å². The van der Waals surface area contributed by atoms with Gasteiger partial charge in [0, 0.05) is 39.1 Å². The van der Waals surface area contributed by atoms with Gasteiger partial charge in [-0.3, -0.25) is 4.57 Å². The first-order chi connectivity index (χ1) is 7.30. The number of rotatable bonds is 3. The Morgan fingerprint density at radius 1 is 1.38 bits per heavy atom. The fraction of sp³-hybridized carbons (Fsp3) is 1.00. The van der Waals surface area contributed by atoms with Crippen LogP contribution in [-0.2, 0) is 13.6 Å². The molecule has 1 saturated heterocycles. The zero-order valence-corrected chi connectivity index (χ0v) is 11.5. The Kier molecular flexibility index (Phi) is 4.19. The quantitative estimate of drug-likeness (QED) is 0.771. The van der Waals surface area contributed by atoms with Gasteiger partial charge in [0.25, 0.3) is 0 Å². The molecule has 0 spiro atoms. The van der Waals surface area contributed by atoms with E-state index < -0.39 is 12.9 Å². The van der Waals surface area contributed by atoms with Gasteiger partial charge in [0.1, 0.15) is 0 Å². The number of hydrogen-bond acceptors (Lipinski definition) is 5. The summed E-state index contributed by atoms with van der Waals surface area (Å²) in [7, 11) is 1.17. The molecule has 1 fully saturated rings. The van der Waals surface area contributed by atoms with Crippen LogP contribution in [0.25, 0.3) is 0 Å². The van der Waals surface area contributed by atoms with Crippen LogP contribution in [0.4, 0.5) is 0 Å². The predicted molar refractivity (Wildman–Crippen MR) is 62.4 cm³/mol. The molecule has 1 aliphatic heterocycles. The smallest absolute Gasteiger partial charge is 0.361 e. The molecule has 0 unspecified atom stereocenters. The van der Waals surface area contributed by atoms with E-state index in [0.717, 1.165) is 0 Å². The lowest BCUT2D eigenvalue weighted by atomic mass is 9.91. The van der Waals surface area contributed by atoms with Crippen molar-refractivity contribution in [3.05, 3.63) is 0 Å². The summed E-state index contributed by atoms with van der Waals surface area (Å²) in [4.78, 5) is 2.13. The zero-order chi connectivity index (χ0) is 12.6. The summed E-state index contributed by atoms with van der Waals surface area (Å²) in [5.41, 5.74) is 0. The molecule has 6 heteroatoms. The van der Waals surface area contributed by atoms with Crippen molar-refractivity contribution in [2.24, 2.45) is 5.92 Å². The van der Waals surface area contributed by atoms with Crippen LogP contribution in [0.1, 0.15) is 20.3 Å². The van der Waals surface area contributed by atoms with Crippen molar-refractivity contribution in [3.63, 3.8) is 0 Å². The summed E-state index contributed by atoms with van der Waals surface area (Å²) in [5, 5.41) is 9.22. The van der Waals surface area contributed by atoms with E-state index in [1.54, 1.807) is 0 Å². The van der Waals surface area contributed by atoms with Gasteiger partial charge in [-0.05, 0) is 14.0 Å². The number of hydrogen-bond donors (Lipinski definition) is 1. The van der Waals surface area contributed by atoms with Gasteiger partial charge in [-0.2, -0.15) is 0 Å². The van der Waals surface area contributed by atoms with E-state index in [2.05, 4.69) is 4.90 Å². The summed E-state index contributed by atoms with van der Waals surface area (Å²) in [5.74, 6) is -0.153. The highest BCUT2D eigenvalue weighted by Crippen LogP contribution is 2.63. The van der Waals surface area contributed by atoms with Crippen LogP contribution < -0.4 is 0 Å². The molecule has 0 aromatic carbocycles. The van der Waals surface area contributed by atoms with Gasteiger partial charge in [-0.1, -0.05) is 6.92 Å². The summed E-state index contributed by atoms with van der Waals surface area (Å²) in [6, 6.07) is 0.153. The molecule has 0 aliphatic carbocycles. The minimum Gasteiger partial charge on any atom is -0.377 e. The molecule has 5 nitrogen and oxygen atoms in total. The molecule has 0 radical (unpaired) electrons. The van der Waals surface area contributed by atoms with Crippen molar-refractivity contribution in [1.82, 2.24) is 4.90 Å². The standard InChI is InChI=1S/C10H22NO4P/c1-8-7-11(3)9(2)6-10(8,12)16(13,14-4)15-5/h8-9,12H,6-7H2,1-5H3/t8-,9-,10+/m0/s1. The Hall–Kier alpha value is 0.0700. The number of nitrogens with zero attached hydrogens (tertiary/aromatic N) is 1. The first-order valence-electron chi connectivity index (χ1n) is 5.45. The highest BCUT2D eigenvalue weighted by molar-refractivity contribution is 7.55. The number of piperidine rings is 1. The van der Waals surface area contributed by atoms with Gasteiger partial charge in [0.2, 0.25) is 0 Å². The summed E-state index contributed by atoms with van der Waals surface area (Å²) in [6.07, 6.45) is 0.392. The molecular weight excluding hydrogens is 229 g/mol. The average Bonchev–Trinajstić information content (AvgIpc) is 2.25. The lowest BCUT2D eigenvalue weighted by Gasteiger charge is -2.47. The Labute approximate surface area is 97.3 Å². The fourth-order valence-corrected chi connectivity index (χ4v) is 4.21. The van der Waals surface area contributed by atoms with E-state index in [1.807, 2.05) is 20.9 Å². The van der Waals surface area contributed by atoms with Crippen molar-refractivity contribution in [3.8, 4) is 0 Å². The van der Waals surface area contributed by atoms with Crippen LogP contribution in [0, 0.1) is 5.92 Å². The molecule has 96 valence electrons. The van der Waals surface area contributed by atoms with Gasteiger partial charge >= 0.3 is 7.60 Å². The maximum Gasteiger partial charge on any atom is 0.361 e. The van der Waals surface area contributed by atoms with Crippen molar-refractivity contribution >= 4 is 7.60 Å². The third kappa shape index (κ3) is 2.07. The summed E-state index contributed by atoms with van der Waals surface area (Å²) >= 11 is 0. The first kappa shape index (κ1) is 14.1. The largest absolute Gasteiger partial charge is 0.377 e. The predicted octanol–water partition coefficient (Wildman–Crippen LogP) is 1.52. The van der Waals surface area contributed by atoms with Crippen LogP contribution in [0.15, 0.2) is 0 Å². The average molecular weight is 251 g/mol. The third-order valence-corrected chi connectivity index (χ3v) is 6.19. The van der Waals surface area contributed by atoms with E-state index in [9.17, 15) is 9.67 Å². The second kappa shape index (κ2) is 4.75. The van der Waals surface area contributed by atoms with E-state index in [-0.39, 0.29) is 12.0 Å². The first-order valence-corrected chi connectivity index (χ1v) is 6.99. The molecule has 1 aliphatic rings. The Bertz CT molecular complexity index is 291. The molecule has 0 amide bonds. The number of aliphatic hydroxyl groups is 1. The fourth-order valence-electron chi connectivity index (χ4n) is 2.32.